The Bertz CT molecular complexity index is 361. The van der Waals surface area contributed by atoms with E-state index in [-0.39, 0.29) is 0 Å². The molecule has 1 N–H and O–H groups in total. The van der Waals surface area contributed by atoms with Crippen molar-refractivity contribution in [2.24, 2.45) is 0 Å². The fourth-order valence-electron chi connectivity index (χ4n) is 0.950. The van der Waals surface area contributed by atoms with Gasteiger partial charge in [0.1, 0.15) is 0 Å². The topological polar surface area (TPSA) is 25.2 Å². The SMILES string of the molecule is On1ccc2c1C=C=C=C2. The van der Waals surface area contributed by atoms with Crippen LogP contribution in [-0.2, 0) is 0 Å². The molecule has 1 aliphatic carbocycles. The minimum absolute atomic E-state index is 0.763. The molecule has 48 valence electrons. The summed E-state index contributed by atoms with van der Waals surface area (Å²) in [6.45, 7) is 0. The molecule has 2 heteroatoms. The van der Waals surface area contributed by atoms with Gasteiger partial charge in [0.2, 0.25) is 0 Å². The quantitative estimate of drug-likeness (QED) is 0.425. The predicted octanol–water partition coefficient (Wildman–Crippen LogP) is 1.52. The normalized spacial score (nSPS) is 12.0. The van der Waals surface area contributed by atoms with Gasteiger partial charge in [0.05, 0.1) is 5.69 Å². The Kier molecular flexibility index (Phi) is 0.870. The summed E-state index contributed by atoms with van der Waals surface area (Å²) in [4.78, 5) is 0. The second kappa shape index (κ2) is 1.68. The molecule has 2 rings (SSSR count). The van der Waals surface area contributed by atoms with E-state index in [0.29, 0.717) is 0 Å². The Balaban J connectivity index is 2.78. The predicted molar refractivity (Wildman–Crippen MR) is 37.6 cm³/mol. The molecule has 0 fully saturated rings. The smallest absolute Gasteiger partial charge is 0.0955 e. The first-order valence-corrected chi connectivity index (χ1v) is 2.96. The van der Waals surface area contributed by atoms with Crippen LogP contribution in [0, 0.1) is 0 Å². The highest BCUT2D eigenvalue weighted by Crippen LogP contribution is 2.14. The minimum atomic E-state index is 0.763. The van der Waals surface area contributed by atoms with Crippen molar-refractivity contribution in [3.63, 3.8) is 0 Å². The zero-order valence-electron chi connectivity index (χ0n) is 5.20. The van der Waals surface area contributed by atoms with Gasteiger partial charge in [-0.1, -0.05) is 11.5 Å². The van der Waals surface area contributed by atoms with Gasteiger partial charge in [-0.25, -0.2) is 0 Å². The molecule has 0 aliphatic heterocycles. The van der Waals surface area contributed by atoms with Gasteiger partial charge in [0.25, 0.3) is 0 Å². The standard InChI is InChI=1S/C8H5NO/c10-9-6-5-7-3-1-2-4-8(7)9/h3-6,10H. The minimum Gasteiger partial charge on any atom is -0.428 e. The van der Waals surface area contributed by atoms with Gasteiger partial charge in [-0.3, -0.25) is 0 Å². The summed E-state index contributed by atoms with van der Waals surface area (Å²) in [5.74, 6) is 0. The first-order valence-electron chi connectivity index (χ1n) is 2.96. The van der Waals surface area contributed by atoms with E-state index in [1.54, 1.807) is 18.3 Å². The molecule has 0 spiro atoms. The van der Waals surface area contributed by atoms with Crippen molar-refractivity contribution in [1.29, 1.82) is 0 Å². The molecule has 0 unspecified atom stereocenters. The van der Waals surface area contributed by atoms with Crippen molar-refractivity contribution in [2.75, 3.05) is 0 Å². The molecule has 1 aromatic heterocycles. The van der Waals surface area contributed by atoms with Gasteiger partial charge in [0, 0.05) is 17.8 Å². The van der Waals surface area contributed by atoms with Gasteiger partial charge >= 0.3 is 0 Å². The molecule has 10 heavy (non-hydrogen) atoms. The van der Waals surface area contributed by atoms with Gasteiger partial charge < -0.3 is 5.21 Å². The first-order chi connectivity index (χ1) is 4.88. The second-order valence-corrected chi connectivity index (χ2v) is 2.08. The molecule has 1 aromatic rings. The van der Waals surface area contributed by atoms with E-state index >= 15 is 0 Å². The number of aromatic nitrogens is 1. The largest absolute Gasteiger partial charge is 0.428 e. The van der Waals surface area contributed by atoms with Crippen LogP contribution in [0.15, 0.2) is 23.7 Å². The molecule has 0 radical (unpaired) electrons. The summed E-state index contributed by atoms with van der Waals surface area (Å²) in [5, 5.41) is 9.09. The van der Waals surface area contributed by atoms with Gasteiger partial charge in [-0.15, -0.1) is 0 Å². The summed E-state index contributed by atoms with van der Waals surface area (Å²) in [7, 11) is 0. The van der Waals surface area contributed by atoms with E-state index < -0.39 is 0 Å². The van der Waals surface area contributed by atoms with E-state index in [0.717, 1.165) is 16.0 Å². The Labute approximate surface area is 58.0 Å². The summed E-state index contributed by atoms with van der Waals surface area (Å²) < 4.78 is 1.07. The van der Waals surface area contributed by atoms with E-state index in [2.05, 4.69) is 11.5 Å². The molecule has 0 aromatic carbocycles. The number of rotatable bonds is 0. The average molecular weight is 131 g/mol. The Morgan fingerprint density at radius 1 is 1.30 bits per heavy atom. The van der Waals surface area contributed by atoms with E-state index in [1.807, 2.05) is 6.07 Å². The van der Waals surface area contributed by atoms with Crippen LogP contribution in [0.2, 0.25) is 0 Å². The molecule has 2 nitrogen and oxygen atoms in total. The van der Waals surface area contributed by atoms with Gasteiger partial charge in [-0.05, 0) is 12.1 Å². The maximum Gasteiger partial charge on any atom is 0.0955 e. The lowest BCUT2D eigenvalue weighted by molar-refractivity contribution is 0.185. The fraction of sp³-hybridized carbons (Fsp3) is 0. The maximum absolute atomic E-state index is 9.09. The number of hydrogen-bond donors (Lipinski definition) is 1. The van der Waals surface area contributed by atoms with Gasteiger partial charge in [-0.2, -0.15) is 4.73 Å². The van der Waals surface area contributed by atoms with E-state index in [1.165, 1.54) is 0 Å². The number of fused-ring (bicyclic) bond motifs is 1. The van der Waals surface area contributed by atoms with Crippen LogP contribution in [0.3, 0.4) is 0 Å². The molecule has 0 amide bonds. The highest BCUT2D eigenvalue weighted by molar-refractivity contribution is 5.65. The van der Waals surface area contributed by atoms with E-state index in [4.69, 9.17) is 5.21 Å². The lowest BCUT2D eigenvalue weighted by atomic mass is 10.2. The lowest BCUT2D eigenvalue weighted by Crippen LogP contribution is -1.90. The zero-order valence-corrected chi connectivity index (χ0v) is 5.20. The third-order valence-corrected chi connectivity index (χ3v) is 1.46. The molecule has 1 heterocycles. The van der Waals surface area contributed by atoms with Gasteiger partial charge in [0.15, 0.2) is 0 Å². The van der Waals surface area contributed by atoms with Crippen LogP contribution in [0.25, 0.3) is 12.2 Å². The van der Waals surface area contributed by atoms with Crippen LogP contribution < -0.4 is 0 Å². The summed E-state index contributed by atoms with van der Waals surface area (Å²) in [5.41, 5.74) is 7.29. The summed E-state index contributed by atoms with van der Waals surface area (Å²) in [6, 6.07) is 1.82. The van der Waals surface area contributed by atoms with Crippen LogP contribution >= 0.6 is 0 Å². The monoisotopic (exact) mass is 131 g/mol. The average Bonchev–Trinajstić information content (AvgIpc) is 2.34. The third-order valence-electron chi connectivity index (χ3n) is 1.46. The molecule has 0 saturated heterocycles. The Morgan fingerprint density at radius 3 is 2.90 bits per heavy atom. The van der Waals surface area contributed by atoms with Crippen LogP contribution in [-0.4, -0.2) is 9.94 Å². The van der Waals surface area contributed by atoms with E-state index in [9.17, 15) is 0 Å². The Morgan fingerprint density at radius 2 is 2.10 bits per heavy atom. The number of nitrogens with zero attached hydrogens (tertiary/aromatic N) is 1. The molecule has 0 bridgehead atoms. The van der Waals surface area contributed by atoms with Crippen molar-refractivity contribution < 1.29 is 5.21 Å². The van der Waals surface area contributed by atoms with Crippen molar-refractivity contribution in [3.05, 3.63) is 35.0 Å². The lowest BCUT2D eigenvalue weighted by Gasteiger charge is -1.95. The molecule has 0 saturated carbocycles. The molecular weight excluding hydrogens is 126 g/mol. The Hall–Kier alpha value is -1.62. The maximum atomic E-state index is 9.09. The van der Waals surface area contributed by atoms with Crippen molar-refractivity contribution in [3.8, 4) is 0 Å². The van der Waals surface area contributed by atoms with Crippen LogP contribution in [0.4, 0.5) is 0 Å². The fourth-order valence-corrected chi connectivity index (χ4v) is 0.950. The molecular formula is C8H5NO. The zero-order chi connectivity index (χ0) is 6.97. The third kappa shape index (κ3) is 0.547. The second-order valence-electron chi connectivity index (χ2n) is 2.08. The summed E-state index contributed by atoms with van der Waals surface area (Å²) >= 11 is 0. The highest BCUT2D eigenvalue weighted by Gasteiger charge is 2.02. The van der Waals surface area contributed by atoms with Crippen molar-refractivity contribution in [2.45, 2.75) is 0 Å². The van der Waals surface area contributed by atoms with Crippen molar-refractivity contribution >= 4 is 12.2 Å². The summed E-state index contributed by atoms with van der Waals surface area (Å²) in [6.07, 6.45) is 5.06. The first kappa shape index (κ1) is 5.19. The van der Waals surface area contributed by atoms with Crippen molar-refractivity contribution in [1.82, 2.24) is 4.73 Å². The molecule has 1 aliphatic rings. The highest BCUT2D eigenvalue weighted by atomic mass is 16.5. The van der Waals surface area contributed by atoms with Crippen LogP contribution in [0.1, 0.15) is 11.3 Å². The van der Waals surface area contributed by atoms with Crippen LogP contribution in [0.5, 0.6) is 0 Å². The molecule has 0 atom stereocenters. The number of hydrogen-bond acceptors (Lipinski definition) is 1.